The maximum atomic E-state index is 12.0. The minimum Gasteiger partial charge on any atom is -0.462 e. The SMILES string of the molecule is CCOC(=O)c1sc(C(CC)N2CCNCC2)nc1CC. The zero-order chi connectivity index (χ0) is 15.2. The van der Waals surface area contributed by atoms with Crippen molar-refractivity contribution in [2.75, 3.05) is 32.8 Å². The number of hydrogen-bond acceptors (Lipinski definition) is 6. The zero-order valence-corrected chi connectivity index (χ0v) is 14.0. The number of aryl methyl sites for hydroxylation is 1. The number of rotatable bonds is 6. The van der Waals surface area contributed by atoms with Crippen LogP contribution in [0.15, 0.2) is 0 Å². The monoisotopic (exact) mass is 311 g/mol. The number of esters is 1. The van der Waals surface area contributed by atoms with Crippen molar-refractivity contribution in [1.82, 2.24) is 15.2 Å². The predicted octanol–water partition coefficient (Wildman–Crippen LogP) is 2.24. The number of ether oxygens (including phenoxy) is 1. The lowest BCUT2D eigenvalue weighted by Gasteiger charge is -2.33. The summed E-state index contributed by atoms with van der Waals surface area (Å²) < 4.78 is 5.15. The largest absolute Gasteiger partial charge is 0.462 e. The van der Waals surface area contributed by atoms with Crippen LogP contribution in [0.5, 0.6) is 0 Å². The van der Waals surface area contributed by atoms with E-state index < -0.39 is 0 Å². The van der Waals surface area contributed by atoms with E-state index in [9.17, 15) is 4.79 Å². The number of aromatic nitrogens is 1. The van der Waals surface area contributed by atoms with Crippen LogP contribution >= 0.6 is 11.3 Å². The molecule has 0 amide bonds. The lowest BCUT2D eigenvalue weighted by molar-refractivity contribution is 0.0530. The normalized spacial score (nSPS) is 17.7. The third kappa shape index (κ3) is 3.81. The summed E-state index contributed by atoms with van der Waals surface area (Å²) in [6, 6.07) is 0.311. The molecule has 1 aromatic heterocycles. The highest BCUT2D eigenvalue weighted by Crippen LogP contribution is 2.31. The summed E-state index contributed by atoms with van der Waals surface area (Å²) >= 11 is 1.51. The van der Waals surface area contributed by atoms with Gasteiger partial charge in [0.1, 0.15) is 9.88 Å². The molecule has 21 heavy (non-hydrogen) atoms. The molecule has 1 N–H and O–H groups in total. The summed E-state index contributed by atoms with van der Waals surface area (Å²) in [6.07, 6.45) is 1.78. The molecule has 0 aliphatic carbocycles. The summed E-state index contributed by atoms with van der Waals surface area (Å²) in [5.74, 6) is -0.228. The van der Waals surface area contributed by atoms with Gasteiger partial charge in [-0.25, -0.2) is 9.78 Å². The second kappa shape index (κ2) is 7.87. The number of nitrogens with one attached hydrogen (secondary N) is 1. The van der Waals surface area contributed by atoms with Crippen molar-refractivity contribution < 1.29 is 9.53 Å². The maximum Gasteiger partial charge on any atom is 0.350 e. The third-order valence-electron chi connectivity index (χ3n) is 3.77. The summed E-state index contributed by atoms with van der Waals surface area (Å²) in [5.41, 5.74) is 0.877. The highest BCUT2D eigenvalue weighted by Gasteiger charge is 2.26. The lowest BCUT2D eigenvalue weighted by Crippen LogP contribution is -2.45. The molecule has 6 heteroatoms. The van der Waals surface area contributed by atoms with Gasteiger partial charge in [-0.3, -0.25) is 4.90 Å². The molecule has 1 aliphatic rings. The van der Waals surface area contributed by atoms with Crippen molar-refractivity contribution in [1.29, 1.82) is 0 Å². The number of carbonyl (C=O) groups excluding carboxylic acids is 1. The van der Waals surface area contributed by atoms with Gasteiger partial charge in [0.05, 0.1) is 18.3 Å². The zero-order valence-electron chi connectivity index (χ0n) is 13.1. The molecule has 0 radical (unpaired) electrons. The standard InChI is InChI=1S/C15H25N3O2S/c1-4-11-13(15(19)20-6-3)21-14(17-11)12(5-2)18-9-7-16-8-10-18/h12,16H,4-10H2,1-3H3. The highest BCUT2D eigenvalue weighted by atomic mass is 32.1. The number of hydrogen-bond donors (Lipinski definition) is 1. The summed E-state index contributed by atoms with van der Waals surface area (Å²) in [5, 5.41) is 4.43. The molecule has 1 fully saturated rings. The van der Waals surface area contributed by atoms with Crippen LogP contribution in [0.1, 0.15) is 53.6 Å². The molecule has 0 aromatic carbocycles. The van der Waals surface area contributed by atoms with Crippen molar-refractivity contribution in [3.63, 3.8) is 0 Å². The van der Waals surface area contributed by atoms with Crippen LogP contribution in [0, 0.1) is 0 Å². The topological polar surface area (TPSA) is 54.5 Å². The number of nitrogens with zero attached hydrogens (tertiary/aromatic N) is 2. The Labute approximate surface area is 130 Å². The molecule has 1 aromatic rings. The number of carbonyl (C=O) groups is 1. The first-order chi connectivity index (χ1) is 10.2. The average Bonchev–Trinajstić information content (AvgIpc) is 2.93. The Morgan fingerprint density at radius 1 is 1.38 bits per heavy atom. The van der Waals surface area contributed by atoms with Crippen molar-refractivity contribution in [3.05, 3.63) is 15.6 Å². The van der Waals surface area contributed by atoms with E-state index >= 15 is 0 Å². The molecular weight excluding hydrogens is 286 g/mol. The van der Waals surface area contributed by atoms with Gasteiger partial charge in [0.15, 0.2) is 0 Å². The van der Waals surface area contributed by atoms with E-state index in [1.54, 1.807) is 0 Å². The van der Waals surface area contributed by atoms with E-state index in [2.05, 4.69) is 17.1 Å². The molecule has 0 saturated carbocycles. The van der Waals surface area contributed by atoms with Gasteiger partial charge in [-0.05, 0) is 19.8 Å². The van der Waals surface area contributed by atoms with E-state index in [-0.39, 0.29) is 5.97 Å². The van der Waals surface area contributed by atoms with Crippen LogP contribution in [-0.2, 0) is 11.2 Å². The quantitative estimate of drug-likeness (QED) is 0.817. The van der Waals surface area contributed by atoms with Crippen molar-refractivity contribution in [2.24, 2.45) is 0 Å². The Hall–Kier alpha value is -0.980. The molecule has 1 saturated heterocycles. The van der Waals surface area contributed by atoms with Crippen molar-refractivity contribution in [2.45, 2.75) is 39.7 Å². The fourth-order valence-electron chi connectivity index (χ4n) is 2.69. The van der Waals surface area contributed by atoms with E-state index in [0.717, 1.165) is 49.7 Å². The minimum atomic E-state index is -0.228. The van der Waals surface area contributed by atoms with Gasteiger partial charge in [-0.1, -0.05) is 13.8 Å². The van der Waals surface area contributed by atoms with Crippen LogP contribution in [0.3, 0.4) is 0 Å². The Bertz CT molecular complexity index is 469. The summed E-state index contributed by atoms with van der Waals surface area (Å²) in [7, 11) is 0. The number of thiazole rings is 1. The first-order valence-electron chi connectivity index (χ1n) is 7.82. The van der Waals surface area contributed by atoms with Gasteiger partial charge in [-0.2, -0.15) is 0 Å². The second-order valence-electron chi connectivity index (χ2n) is 5.11. The van der Waals surface area contributed by atoms with Gasteiger partial charge in [0.25, 0.3) is 0 Å². The molecule has 118 valence electrons. The van der Waals surface area contributed by atoms with Crippen LogP contribution in [-0.4, -0.2) is 48.6 Å². The van der Waals surface area contributed by atoms with Crippen LogP contribution in [0.25, 0.3) is 0 Å². The van der Waals surface area contributed by atoms with E-state index in [0.29, 0.717) is 17.5 Å². The predicted molar refractivity (Wildman–Crippen MR) is 84.9 cm³/mol. The minimum absolute atomic E-state index is 0.228. The van der Waals surface area contributed by atoms with Crippen molar-refractivity contribution >= 4 is 17.3 Å². The molecule has 2 rings (SSSR count). The van der Waals surface area contributed by atoms with Gasteiger partial charge in [0, 0.05) is 26.2 Å². The van der Waals surface area contributed by atoms with Crippen LogP contribution in [0.2, 0.25) is 0 Å². The number of piperazine rings is 1. The molecular formula is C15H25N3O2S. The fourth-order valence-corrected chi connectivity index (χ4v) is 3.96. The lowest BCUT2D eigenvalue weighted by atomic mass is 10.1. The average molecular weight is 311 g/mol. The Morgan fingerprint density at radius 3 is 2.67 bits per heavy atom. The van der Waals surface area contributed by atoms with Gasteiger partial charge in [0.2, 0.25) is 0 Å². The molecule has 1 atom stereocenters. The molecule has 0 bridgehead atoms. The van der Waals surface area contributed by atoms with E-state index in [1.807, 2.05) is 13.8 Å². The maximum absolute atomic E-state index is 12.0. The summed E-state index contributed by atoms with van der Waals surface area (Å²) in [4.78, 5) is 19.9. The molecule has 0 spiro atoms. The first kappa shape index (κ1) is 16.4. The van der Waals surface area contributed by atoms with E-state index in [1.165, 1.54) is 11.3 Å². The Kier molecular flexibility index (Phi) is 6.14. The van der Waals surface area contributed by atoms with E-state index in [4.69, 9.17) is 9.72 Å². The molecule has 2 heterocycles. The Balaban J connectivity index is 2.22. The smallest absolute Gasteiger partial charge is 0.350 e. The van der Waals surface area contributed by atoms with Crippen LogP contribution < -0.4 is 5.32 Å². The highest BCUT2D eigenvalue weighted by molar-refractivity contribution is 7.13. The summed E-state index contributed by atoms with van der Waals surface area (Å²) in [6.45, 7) is 10.6. The van der Waals surface area contributed by atoms with Gasteiger partial charge in [-0.15, -0.1) is 11.3 Å². The molecule has 5 nitrogen and oxygen atoms in total. The fraction of sp³-hybridized carbons (Fsp3) is 0.733. The van der Waals surface area contributed by atoms with Crippen molar-refractivity contribution in [3.8, 4) is 0 Å². The molecule has 1 unspecified atom stereocenters. The first-order valence-corrected chi connectivity index (χ1v) is 8.64. The van der Waals surface area contributed by atoms with Crippen LogP contribution in [0.4, 0.5) is 0 Å². The van der Waals surface area contributed by atoms with Gasteiger partial charge >= 0.3 is 5.97 Å². The second-order valence-corrected chi connectivity index (χ2v) is 6.14. The third-order valence-corrected chi connectivity index (χ3v) is 4.95. The Morgan fingerprint density at radius 2 is 2.10 bits per heavy atom. The molecule has 1 aliphatic heterocycles. The van der Waals surface area contributed by atoms with Gasteiger partial charge < -0.3 is 10.1 Å².